The molecule has 0 bridgehead atoms. The van der Waals surface area contributed by atoms with Crippen molar-refractivity contribution in [3.8, 4) is 11.5 Å². The Morgan fingerprint density at radius 1 is 1.20 bits per heavy atom. The maximum Gasteiger partial charge on any atom is 0.211 e. The van der Waals surface area contributed by atoms with E-state index in [1.807, 2.05) is 18.2 Å². The van der Waals surface area contributed by atoms with E-state index in [1.165, 1.54) is 0 Å². The first-order valence-corrected chi connectivity index (χ1v) is 9.29. The summed E-state index contributed by atoms with van der Waals surface area (Å²) < 4.78 is 35.4. The van der Waals surface area contributed by atoms with Crippen LogP contribution >= 0.6 is 24.0 Å². The van der Waals surface area contributed by atoms with Gasteiger partial charge in [-0.05, 0) is 31.0 Å². The molecule has 0 radical (unpaired) electrons. The molecule has 0 unspecified atom stereocenters. The minimum Gasteiger partial charge on any atom is -0.493 e. The highest BCUT2D eigenvalue weighted by Crippen LogP contribution is 2.27. The summed E-state index contributed by atoms with van der Waals surface area (Å²) in [6, 6.07) is 5.54. The zero-order chi connectivity index (χ0) is 18.0. The molecule has 0 heterocycles. The van der Waals surface area contributed by atoms with E-state index in [0.717, 1.165) is 5.56 Å². The van der Waals surface area contributed by atoms with Gasteiger partial charge in [0.05, 0.1) is 26.5 Å². The number of nitrogens with two attached hydrogens (primary N) is 1. The highest BCUT2D eigenvalue weighted by atomic mass is 127. The molecular formula is C15H27IN4O4S. The van der Waals surface area contributed by atoms with Gasteiger partial charge in [0.1, 0.15) is 0 Å². The first kappa shape index (κ1) is 23.7. The van der Waals surface area contributed by atoms with E-state index in [9.17, 15) is 8.42 Å². The second-order valence-corrected chi connectivity index (χ2v) is 7.06. The first-order chi connectivity index (χ1) is 11.4. The van der Waals surface area contributed by atoms with Crippen LogP contribution in [0.3, 0.4) is 0 Å². The molecule has 1 aromatic rings. The molecule has 0 aliphatic rings. The van der Waals surface area contributed by atoms with Gasteiger partial charge in [0.25, 0.3) is 0 Å². The number of ether oxygens (including phenoxy) is 2. The lowest BCUT2D eigenvalue weighted by Crippen LogP contribution is -2.34. The normalized spacial score (nSPS) is 11.6. The fourth-order valence-corrected chi connectivity index (χ4v) is 2.51. The van der Waals surface area contributed by atoms with Crippen molar-refractivity contribution < 1.29 is 17.9 Å². The van der Waals surface area contributed by atoms with Gasteiger partial charge in [-0.3, -0.25) is 0 Å². The number of methoxy groups -OCH3 is 2. The average Bonchev–Trinajstić information content (AvgIpc) is 2.59. The Kier molecular flexibility index (Phi) is 11.5. The molecule has 0 saturated heterocycles. The molecule has 144 valence electrons. The van der Waals surface area contributed by atoms with Crippen molar-refractivity contribution in [1.29, 1.82) is 0 Å². The number of sulfonamides is 1. The summed E-state index contributed by atoms with van der Waals surface area (Å²) in [5.41, 5.74) is 6.72. The number of nitrogens with one attached hydrogen (secondary N) is 2. The van der Waals surface area contributed by atoms with Crippen molar-refractivity contribution in [2.24, 2.45) is 10.7 Å². The van der Waals surface area contributed by atoms with Crippen LogP contribution < -0.4 is 25.2 Å². The third-order valence-electron chi connectivity index (χ3n) is 3.24. The standard InChI is InChI=1S/C15H26N4O4S.HI/c1-4-24(20,21)19-9-5-8-17-15(16)18-11-12-6-7-13(22-2)14(10-12)23-3;/h6-7,10,19H,4-5,8-9,11H2,1-3H3,(H3,16,17,18);1H. The summed E-state index contributed by atoms with van der Waals surface area (Å²) in [7, 11) is 0.0183. The van der Waals surface area contributed by atoms with E-state index < -0.39 is 10.0 Å². The van der Waals surface area contributed by atoms with Crippen molar-refractivity contribution in [3.63, 3.8) is 0 Å². The van der Waals surface area contributed by atoms with E-state index in [4.69, 9.17) is 15.2 Å². The van der Waals surface area contributed by atoms with Crippen molar-refractivity contribution >= 4 is 40.0 Å². The van der Waals surface area contributed by atoms with Crippen molar-refractivity contribution in [2.75, 3.05) is 33.1 Å². The highest BCUT2D eigenvalue weighted by Gasteiger charge is 2.05. The maximum absolute atomic E-state index is 11.3. The summed E-state index contributed by atoms with van der Waals surface area (Å²) in [5.74, 6) is 1.68. The molecule has 4 N–H and O–H groups in total. The smallest absolute Gasteiger partial charge is 0.211 e. The molecule has 0 saturated carbocycles. The molecule has 25 heavy (non-hydrogen) atoms. The van der Waals surface area contributed by atoms with Crippen LogP contribution in [0.2, 0.25) is 0 Å². The predicted octanol–water partition coefficient (Wildman–Crippen LogP) is 1.06. The monoisotopic (exact) mass is 486 g/mol. The van der Waals surface area contributed by atoms with Crippen LogP contribution in [-0.4, -0.2) is 47.4 Å². The summed E-state index contributed by atoms with van der Waals surface area (Å²) >= 11 is 0. The molecule has 0 aliphatic heterocycles. The van der Waals surface area contributed by atoms with Crippen LogP contribution in [0.5, 0.6) is 11.5 Å². The summed E-state index contributed by atoms with van der Waals surface area (Å²) in [6.07, 6.45) is 0.617. The number of benzene rings is 1. The van der Waals surface area contributed by atoms with E-state index in [1.54, 1.807) is 21.1 Å². The van der Waals surface area contributed by atoms with Gasteiger partial charge in [-0.1, -0.05) is 6.07 Å². The van der Waals surface area contributed by atoms with Gasteiger partial charge in [-0.25, -0.2) is 18.1 Å². The predicted molar refractivity (Wildman–Crippen MR) is 110 cm³/mol. The van der Waals surface area contributed by atoms with Crippen LogP contribution in [0.1, 0.15) is 18.9 Å². The van der Waals surface area contributed by atoms with Crippen LogP contribution in [0.4, 0.5) is 0 Å². The SMILES string of the molecule is CCS(=O)(=O)NCCCNC(N)=NCc1ccc(OC)c(OC)c1.I. The fraction of sp³-hybridized carbons (Fsp3) is 0.533. The number of hydrogen-bond donors (Lipinski definition) is 3. The number of nitrogens with zero attached hydrogens (tertiary/aromatic N) is 1. The van der Waals surface area contributed by atoms with Gasteiger partial charge in [0, 0.05) is 13.1 Å². The van der Waals surface area contributed by atoms with Crippen molar-refractivity contribution in [3.05, 3.63) is 23.8 Å². The Hall–Kier alpha value is -1.27. The van der Waals surface area contributed by atoms with E-state index in [-0.39, 0.29) is 29.7 Å². The van der Waals surface area contributed by atoms with Crippen molar-refractivity contribution in [1.82, 2.24) is 10.0 Å². The molecule has 0 aliphatic carbocycles. The van der Waals surface area contributed by atoms with Crippen LogP contribution in [0, 0.1) is 0 Å². The molecule has 0 aromatic heterocycles. The lowest BCUT2D eigenvalue weighted by molar-refractivity contribution is 0.354. The van der Waals surface area contributed by atoms with Crippen LogP contribution in [0.15, 0.2) is 23.2 Å². The van der Waals surface area contributed by atoms with E-state index >= 15 is 0 Å². The second kappa shape index (κ2) is 12.1. The van der Waals surface area contributed by atoms with Crippen LogP contribution in [-0.2, 0) is 16.6 Å². The largest absolute Gasteiger partial charge is 0.493 e. The van der Waals surface area contributed by atoms with Crippen molar-refractivity contribution in [2.45, 2.75) is 19.9 Å². The molecule has 1 aromatic carbocycles. The molecule has 0 amide bonds. The molecular weight excluding hydrogens is 459 g/mol. The molecule has 8 nitrogen and oxygen atoms in total. The Morgan fingerprint density at radius 2 is 1.88 bits per heavy atom. The second-order valence-electron chi connectivity index (χ2n) is 4.97. The highest BCUT2D eigenvalue weighted by molar-refractivity contribution is 14.0. The number of rotatable bonds is 10. The minimum absolute atomic E-state index is 0. The third-order valence-corrected chi connectivity index (χ3v) is 4.65. The van der Waals surface area contributed by atoms with Gasteiger partial charge >= 0.3 is 0 Å². The Balaban J connectivity index is 0.00000576. The topological polar surface area (TPSA) is 115 Å². The lowest BCUT2D eigenvalue weighted by Gasteiger charge is -2.09. The molecule has 0 fully saturated rings. The number of halogens is 1. The van der Waals surface area contributed by atoms with E-state index in [2.05, 4.69) is 15.0 Å². The van der Waals surface area contributed by atoms with Gasteiger partial charge in [0.15, 0.2) is 17.5 Å². The van der Waals surface area contributed by atoms with Gasteiger partial charge in [0.2, 0.25) is 10.0 Å². The molecule has 1 rings (SSSR count). The molecule has 0 spiro atoms. The number of guanidine groups is 1. The van der Waals surface area contributed by atoms with Crippen LogP contribution in [0.25, 0.3) is 0 Å². The van der Waals surface area contributed by atoms with Gasteiger partial charge in [-0.15, -0.1) is 24.0 Å². The summed E-state index contributed by atoms with van der Waals surface area (Å²) in [5, 5.41) is 2.95. The van der Waals surface area contributed by atoms with Gasteiger partial charge in [-0.2, -0.15) is 0 Å². The zero-order valence-corrected chi connectivity index (χ0v) is 17.9. The first-order valence-electron chi connectivity index (χ1n) is 7.64. The lowest BCUT2D eigenvalue weighted by atomic mass is 10.2. The van der Waals surface area contributed by atoms with Gasteiger partial charge < -0.3 is 20.5 Å². The number of aliphatic imine (C=N–C) groups is 1. The summed E-state index contributed by atoms with van der Waals surface area (Å²) in [6.45, 7) is 2.90. The maximum atomic E-state index is 11.3. The average molecular weight is 486 g/mol. The minimum atomic E-state index is -3.14. The third kappa shape index (κ3) is 9.12. The molecule has 0 atom stereocenters. The Morgan fingerprint density at radius 3 is 2.48 bits per heavy atom. The fourth-order valence-electron chi connectivity index (χ4n) is 1.85. The zero-order valence-electron chi connectivity index (χ0n) is 14.7. The summed E-state index contributed by atoms with van der Waals surface area (Å²) in [4.78, 5) is 4.24. The Labute approximate surface area is 166 Å². The van der Waals surface area contributed by atoms with E-state index in [0.29, 0.717) is 43.5 Å². The molecule has 10 heteroatoms. The number of hydrogen-bond acceptors (Lipinski definition) is 5. The Bertz CT molecular complexity index is 653. The quantitative estimate of drug-likeness (QED) is 0.197.